The zero-order valence-electron chi connectivity index (χ0n) is 29.1. The molecule has 55 heavy (non-hydrogen) atoms. The van der Waals surface area contributed by atoms with Crippen LogP contribution >= 0.6 is 0 Å². The van der Waals surface area contributed by atoms with Crippen LogP contribution in [-0.4, -0.2) is 262 Å². The monoisotopic (exact) mass is 812 g/mol. The van der Waals surface area contributed by atoms with Gasteiger partial charge in [-0.15, -0.1) is 0 Å². The maximum atomic E-state index is 11.4. The molecule has 4 rings (SSSR count). The molecule has 4 aliphatic heterocycles. The van der Waals surface area contributed by atoms with Crippen molar-refractivity contribution in [3.05, 3.63) is 0 Å². The number of aliphatic hydroxyl groups is 16. The van der Waals surface area contributed by atoms with Crippen molar-refractivity contribution in [1.82, 2.24) is 0 Å². The summed E-state index contributed by atoms with van der Waals surface area (Å²) in [4.78, 5) is 11.1. The van der Waals surface area contributed by atoms with Crippen LogP contribution in [0.2, 0.25) is 0 Å². The van der Waals surface area contributed by atoms with Crippen LogP contribution in [-0.2, 0) is 42.7 Å². The normalized spacial score (nSPS) is 47.8. The van der Waals surface area contributed by atoms with Gasteiger partial charge in [0.2, 0.25) is 0 Å². The summed E-state index contributed by atoms with van der Waals surface area (Å²) in [6, 6.07) is 0. The highest BCUT2D eigenvalue weighted by molar-refractivity contribution is 5.56. The van der Waals surface area contributed by atoms with Gasteiger partial charge in [-0.05, 0) is 6.92 Å². The molecule has 24 atom stereocenters. The van der Waals surface area contributed by atoms with E-state index in [1.54, 1.807) is 0 Å². The first-order valence-corrected chi connectivity index (χ1v) is 17.2. The molecule has 0 unspecified atom stereocenters. The average molecular weight is 813 g/mol. The van der Waals surface area contributed by atoms with E-state index in [0.29, 0.717) is 0 Å². The molecule has 0 bridgehead atoms. The van der Waals surface area contributed by atoms with Gasteiger partial charge in [-0.3, -0.25) is 0 Å². The van der Waals surface area contributed by atoms with Gasteiger partial charge in [-0.1, -0.05) is 0 Å². The highest BCUT2D eigenvalue weighted by Crippen LogP contribution is 2.35. The summed E-state index contributed by atoms with van der Waals surface area (Å²) < 4.78 is 44.2. The fraction of sp³-hybridized carbons (Fsp3) is 0.967. The minimum absolute atomic E-state index is 0.121. The third-order valence-corrected chi connectivity index (χ3v) is 9.83. The summed E-state index contributed by atoms with van der Waals surface area (Å²) in [5.41, 5.74) is 0. The maximum Gasteiger partial charge on any atom is 0.187 e. The number of rotatable bonds is 16. The summed E-state index contributed by atoms with van der Waals surface area (Å²) in [6.45, 7) is -2.69. The molecule has 0 amide bonds. The van der Waals surface area contributed by atoms with Crippen molar-refractivity contribution in [1.29, 1.82) is 0 Å². The van der Waals surface area contributed by atoms with Crippen molar-refractivity contribution in [2.45, 2.75) is 154 Å². The van der Waals surface area contributed by atoms with Crippen LogP contribution < -0.4 is 0 Å². The van der Waals surface area contributed by atoms with Gasteiger partial charge < -0.3 is 124 Å². The Morgan fingerprint density at radius 2 is 0.982 bits per heavy atom. The Hall–Kier alpha value is -1.29. The predicted molar refractivity (Wildman–Crippen MR) is 166 cm³/mol. The van der Waals surface area contributed by atoms with Gasteiger partial charge in [-0.25, -0.2) is 0 Å². The van der Waals surface area contributed by atoms with Gasteiger partial charge in [0.1, 0.15) is 116 Å². The Kier molecular flexibility index (Phi) is 17.0. The highest BCUT2D eigenvalue weighted by Gasteiger charge is 2.56. The molecule has 322 valence electrons. The molecule has 25 heteroatoms. The lowest BCUT2D eigenvalue weighted by Gasteiger charge is -2.49. The fourth-order valence-corrected chi connectivity index (χ4v) is 6.49. The first-order chi connectivity index (χ1) is 25.9. The molecule has 0 aromatic rings. The molecule has 0 spiro atoms. The number of aliphatic hydroxyl groups excluding tert-OH is 16. The second kappa shape index (κ2) is 20.1. The minimum Gasteiger partial charge on any atom is -0.394 e. The van der Waals surface area contributed by atoms with Gasteiger partial charge in [0.15, 0.2) is 31.4 Å². The zero-order chi connectivity index (χ0) is 41.0. The van der Waals surface area contributed by atoms with Crippen molar-refractivity contribution < 1.29 is 124 Å². The standard InChI is InChI=1S/C30H52O25/c1-7-13(38)18(43)20(45)27(48-7)55-26-19(44)15(40)10(4-33)51-30(26)54-25-17(42)12(6-35)50-29(22(25)47)53-24-16(41)11(5-34)49-28(21(24)46)52-23(9(37)3-32)14(39)8(36)2-31/h2,7-30,32-47H,3-6H2,1H3/t7-,8-,9+,10+,11+,12+,13+,14+,15-,16-,17+,18+,19-,20-,21+,22+,23+,24-,25-,26+,27-,28-,29-,30-/m0/s1. The molecule has 4 heterocycles. The molecule has 0 aromatic carbocycles. The van der Waals surface area contributed by atoms with Crippen LogP contribution in [0.4, 0.5) is 0 Å². The van der Waals surface area contributed by atoms with Crippen LogP contribution in [0.15, 0.2) is 0 Å². The largest absolute Gasteiger partial charge is 0.394 e. The van der Waals surface area contributed by atoms with E-state index in [2.05, 4.69) is 0 Å². The maximum absolute atomic E-state index is 11.4. The van der Waals surface area contributed by atoms with Crippen LogP contribution in [0.25, 0.3) is 0 Å². The van der Waals surface area contributed by atoms with Crippen molar-refractivity contribution in [2.24, 2.45) is 0 Å². The summed E-state index contributed by atoms with van der Waals surface area (Å²) in [5, 5.41) is 166. The lowest BCUT2D eigenvalue weighted by molar-refractivity contribution is -0.397. The van der Waals surface area contributed by atoms with Gasteiger partial charge in [0.25, 0.3) is 0 Å². The number of ether oxygens (including phenoxy) is 8. The van der Waals surface area contributed by atoms with Crippen molar-refractivity contribution in [3.8, 4) is 0 Å². The Balaban J connectivity index is 1.59. The number of aldehydes is 1. The molecular weight excluding hydrogens is 760 g/mol. The van der Waals surface area contributed by atoms with E-state index < -0.39 is 174 Å². The lowest BCUT2D eigenvalue weighted by atomic mass is 9.95. The van der Waals surface area contributed by atoms with Crippen LogP contribution in [0.3, 0.4) is 0 Å². The molecule has 16 N–H and O–H groups in total. The molecular formula is C30H52O25. The van der Waals surface area contributed by atoms with Crippen LogP contribution in [0.5, 0.6) is 0 Å². The minimum atomic E-state index is -2.21. The topological polar surface area (TPSA) is 415 Å². The van der Waals surface area contributed by atoms with Gasteiger partial charge in [0, 0.05) is 0 Å². The van der Waals surface area contributed by atoms with E-state index in [9.17, 15) is 86.5 Å². The first-order valence-electron chi connectivity index (χ1n) is 17.2. The molecule has 4 saturated heterocycles. The molecule has 4 aliphatic rings. The Morgan fingerprint density at radius 3 is 1.51 bits per heavy atom. The Labute approximate surface area is 311 Å². The second-order valence-corrected chi connectivity index (χ2v) is 13.6. The Bertz CT molecular complexity index is 1170. The fourth-order valence-electron chi connectivity index (χ4n) is 6.49. The van der Waals surface area contributed by atoms with Crippen molar-refractivity contribution in [2.75, 3.05) is 26.4 Å². The molecule has 0 saturated carbocycles. The van der Waals surface area contributed by atoms with Gasteiger partial charge in [0.05, 0.1) is 32.5 Å². The van der Waals surface area contributed by atoms with E-state index in [1.807, 2.05) is 0 Å². The smallest absolute Gasteiger partial charge is 0.187 e. The first kappa shape index (κ1) is 46.4. The van der Waals surface area contributed by atoms with E-state index in [1.165, 1.54) is 6.92 Å². The van der Waals surface area contributed by atoms with Crippen molar-refractivity contribution >= 4 is 6.29 Å². The van der Waals surface area contributed by atoms with E-state index >= 15 is 0 Å². The number of hydrogen-bond donors (Lipinski definition) is 16. The third-order valence-electron chi connectivity index (χ3n) is 9.83. The van der Waals surface area contributed by atoms with Crippen LogP contribution in [0, 0.1) is 0 Å². The zero-order valence-corrected chi connectivity index (χ0v) is 29.1. The predicted octanol–water partition coefficient (Wildman–Crippen LogP) is -11.1. The lowest BCUT2D eigenvalue weighted by Crippen LogP contribution is -2.68. The molecule has 0 radical (unpaired) electrons. The van der Waals surface area contributed by atoms with E-state index in [0.717, 1.165) is 0 Å². The Morgan fingerprint density at radius 1 is 0.527 bits per heavy atom. The molecule has 25 nitrogen and oxygen atoms in total. The summed E-state index contributed by atoms with van der Waals surface area (Å²) in [5.74, 6) is 0. The summed E-state index contributed by atoms with van der Waals surface area (Å²) in [6.07, 6.45) is -46.0. The molecule has 4 fully saturated rings. The summed E-state index contributed by atoms with van der Waals surface area (Å²) in [7, 11) is 0. The second-order valence-electron chi connectivity index (χ2n) is 13.6. The number of hydrogen-bond acceptors (Lipinski definition) is 25. The quantitative estimate of drug-likeness (QED) is 0.0643. The summed E-state index contributed by atoms with van der Waals surface area (Å²) >= 11 is 0. The van der Waals surface area contributed by atoms with Gasteiger partial charge >= 0.3 is 0 Å². The average Bonchev–Trinajstić information content (AvgIpc) is 3.18. The number of carbonyl (C=O) groups is 1. The van der Waals surface area contributed by atoms with Crippen molar-refractivity contribution in [3.63, 3.8) is 0 Å². The third kappa shape index (κ3) is 9.95. The highest BCUT2D eigenvalue weighted by atomic mass is 16.8. The van der Waals surface area contributed by atoms with E-state index in [4.69, 9.17) is 37.9 Å². The molecule has 0 aliphatic carbocycles. The van der Waals surface area contributed by atoms with E-state index in [-0.39, 0.29) is 6.29 Å². The van der Waals surface area contributed by atoms with Gasteiger partial charge in [-0.2, -0.15) is 0 Å². The molecule has 0 aromatic heterocycles. The van der Waals surface area contributed by atoms with Crippen LogP contribution in [0.1, 0.15) is 6.92 Å². The SMILES string of the molecule is C[C@@H]1O[C@@H](O[C@H]2[C@H](O[C@@H]3[C@@H](O)[C@H](O[C@H]4[C@@H](O)[C@@H](CO)O[C@@H](O[C@@H]([C@H](O)[C@@H](O)C=O)[C@H](O)CO)[C@@H]4O)O[C@H](CO)[C@H]3O)O[C@H](CO)[C@H](O)[C@@H]2O)[C@@H](O)[C@H](O)[C@@H]1O. The number of carbonyl (C=O) groups excluding carboxylic acids is 1.